The van der Waals surface area contributed by atoms with Crippen LogP contribution in [0.4, 0.5) is 0 Å². The van der Waals surface area contributed by atoms with Crippen LogP contribution >= 0.6 is 22.9 Å². The molecule has 5 nitrogen and oxygen atoms in total. The largest absolute Gasteiger partial charge is 0.329 e. The molecule has 102 valence electrons. The minimum atomic E-state index is 0.705. The van der Waals surface area contributed by atoms with Gasteiger partial charge in [-0.25, -0.2) is 0 Å². The van der Waals surface area contributed by atoms with E-state index in [1.54, 1.807) is 0 Å². The Bertz CT molecular complexity index is 179. The quantitative estimate of drug-likeness (QED) is 0.409. The molecule has 0 aromatic carbocycles. The first-order valence-electron chi connectivity index (χ1n) is 6.51. The van der Waals surface area contributed by atoms with E-state index in [0.717, 1.165) is 39.3 Å². The Morgan fingerprint density at radius 2 is 1.71 bits per heavy atom. The molecule has 0 aromatic rings. The highest BCUT2D eigenvalue weighted by Crippen LogP contribution is 2.10. The van der Waals surface area contributed by atoms with Gasteiger partial charge in [0, 0.05) is 68.2 Å². The van der Waals surface area contributed by atoms with Crippen LogP contribution < -0.4 is 15.0 Å². The monoisotopic (exact) mass is 355 g/mol. The summed E-state index contributed by atoms with van der Waals surface area (Å²) in [6.07, 6.45) is 2.52. The first-order valence-corrected chi connectivity index (χ1v) is 7.59. The minimum absolute atomic E-state index is 0.705. The first kappa shape index (κ1) is 15.6. The van der Waals surface area contributed by atoms with Gasteiger partial charge in [-0.3, -0.25) is 8.43 Å². The van der Waals surface area contributed by atoms with E-state index in [4.69, 9.17) is 11.5 Å². The minimum Gasteiger partial charge on any atom is -0.329 e. The second-order valence-electron chi connectivity index (χ2n) is 4.64. The standard InChI is InChI=1S/C11H26IN5/c12-15-11-1-5-16(6-2-11)9-10-17(7-3-13)8-4-14/h11,15H,1-10,13-14H2. The summed E-state index contributed by atoms with van der Waals surface area (Å²) in [4.78, 5) is 4.91. The Balaban J connectivity index is 2.16. The van der Waals surface area contributed by atoms with Crippen molar-refractivity contribution in [3.05, 3.63) is 0 Å². The van der Waals surface area contributed by atoms with Crippen molar-refractivity contribution in [1.82, 2.24) is 13.3 Å². The number of hydrogen-bond donors (Lipinski definition) is 3. The van der Waals surface area contributed by atoms with E-state index in [1.165, 1.54) is 25.9 Å². The lowest BCUT2D eigenvalue weighted by Crippen LogP contribution is -2.44. The van der Waals surface area contributed by atoms with E-state index in [9.17, 15) is 0 Å². The second kappa shape index (κ2) is 9.46. The van der Waals surface area contributed by atoms with Gasteiger partial charge in [0.05, 0.1) is 0 Å². The van der Waals surface area contributed by atoms with Gasteiger partial charge in [0.2, 0.25) is 0 Å². The van der Waals surface area contributed by atoms with Crippen molar-refractivity contribution in [3.8, 4) is 0 Å². The van der Waals surface area contributed by atoms with Crippen molar-refractivity contribution in [2.24, 2.45) is 11.5 Å². The molecular formula is C11H26IN5. The molecular weight excluding hydrogens is 329 g/mol. The van der Waals surface area contributed by atoms with Gasteiger partial charge in [-0.05, 0) is 25.9 Å². The van der Waals surface area contributed by atoms with Crippen LogP contribution in [-0.2, 0) is 0 Å². The Hall–Kier alpha value is 0.530. The lowest BCUT2D eigenvalue weighted by molar-refractivity contribution is 0.175. The fourth-order valence-corrected chi connectivity index (χ4v) is 2.87. The zero-order valence-electron chi connectivity index (χ0n) is 10.6. The third-order valence-corrected chi connectivity index (χ3v) is 4.25. The Labute approximate surface area is 119 Å². The van der Waals surface area contributed by atoms with E-state index in [1.807, 2.05) is 0 Å². The normalized spacial score (nSPS) is 19.1. The molecule has 0 unspecified atom stereocenters. The smallest absolute Gasteiger partial charge is 0.0187 e. The summed E-state index contributed by atoms with van der Waals surface area (Å²) in [5.74, 6) is 0. The molecule has 0 amide bonds. The maximum Gasteiger partial charge on any atom is 0.0187 e. The lowest BCUT2D eigenvalue weighted by Gasteiger charge is -2.33. The van der Waals surface area contributed by atoms with Crippen molar-refractivity contribution in [1.29, 1.82) is 0 Å². The summed E-state index contributed by atoms with van der Waals surface area (Å²) in [5.41, 5.74) is 11.2. The molecule has 1 rings (SSSR count). The predicted octanol–water partition coefficient (Wildman–Crippen LogP) is -0.390. The summed E-state index contributed by atoms with van der Waals surface area (Å²) in [7, 11) is 0. The number of halogens is 1. The molecule has 1 aliphatic heterocycles. The molecule has 1 fully saturated rings. The van der Waals surface area contributed by atoms with Gasteiger partial charge < -0.3 is 16.4 Å². The Morgan fingerprint density at radius 3 is 2.18 bits per heavy atom. The number of nitrogens with two attached hydrogens (primary N) is 2. The molecule has 0 atom stereocenters. The zero-order valence-corrected chi connectivity index (χ0v) is 12.7. The van der Waals surface area contributed by atoms with Gasteiger partial charge in [-0.15, -0.1) is 0 Å². The number of nitrogens with one attached hydrogen (secondary N) is 1. The number of piperidine rings is 1. The second-order valence-corrected chi connectivity index (χ2v) is 5.27. The number of likely N-dealkylation sites (tertiary alicyclic amines) is 1. The third kappa shape index (κ3) is 6.30. The summed E-state index contributed by atoms with van der Waals surface area (Å²) in [5, 5.41) is 0. The topological polar surface area (TPSA) is 70.5 Å². The number of hydrogen-bond acceptors (Lipinski definition) is 5. The van der Waals surface area contributed by atoms with E-state index < -0.39 is 0 Å². The highest BCUT2D eigenvalue weighted by molar-refractivity contribution is 14.1. The fourth-order valence-electron chi connectivity index (χ4n) is 2.25. The molecule has 0 spiro atoms. The van der Waals surface area contributed by atoms with Crippen LogP contribution in [0.25, 0.3) is 0 Å². The maximum atomic E-state index is 5.60. The fraction of sp³-hybridized carbons (Fsp3) is 1.00. The van der Waals surface area contributed by atoms with Crippen LogP contribution in [0.2, 0.25) is 0 Å². The van der Waals surface area contributed by atoms with Crippen LogP contribution in [0, 0.1) is 0 Å². The maximum absolute atomic E-state index is 5.60. The van der Waals surface area contributed by atoms with Crippen molar-refractivity contribution < 1.29 is 0 Å². The molecule has 0 radical (unpaired) electrons. The van der Waals surface area contributed by atoms with Crippen LogP contribution in [-0.4, -0.2) is 68.2 Å². The van der Waals surface area contributed by atoms with Crippen LogP contribution in [0.3, 0.4) is 0 Å². The van der Waals surface area contributed by atoms with Gasteiger partial charge in [-0.2, -0.15) is 0 Å². The van der Waals surface area contributed by atoms with Crippen LogP contribution in [0.5, 0.6) is 0 Å². The number of nitrogens with zero attached hydrogens (tertiary/aromatic N) is 2. The highest BCUT2D eigenvalue weighted by Gasteiger charge is 2.18. The Morgan fingerprint density at radius 1 is 1.12 bits per heavy atom. The van der Waals surface area contributed by atoms with Crippen LogP contribution in [0.15, 0.2) is 0 Å². The van der Waals surface area contributed by atoms with Gasteiger partial charge >= 0.3 is 0 Å². The van der Waals surface area contributed by atoms with E-state index in [0.29, 0.717) is 6.04 Å². The van der Waals surface area contributed by atoms with Gasteiger partial charge in [0.1, 0.15) is 0 Å². The molecule has 1 aliphatic rings. The summed E-state index contributed by atoms with van der Waals surface area (Å²) in [6, 6.07) is 0.705. The average molecular weight is 355 g/mol. The molecule has 17 heavy (non-hydrogen) atoms. The molecule has 1 heterocycles. The Kier molecular flexibility index (Phi) is 8.67. The summed E-state index contributed by atoms with van der Waals surface area (Å²) in [6.45, 7) is 8.03. The third-order valence-electron chi connectivity index (χ3n) is 3.36. The van der Waals surface area contributed by atoms with Gasteiger partial charge in [0.15, 0.2) is 0 Å². The summed E-state index contributed by atoms with van der Waals surface area (Å²) < 4.78 is 3.33. The average Bonchev–Trinajstić information content (AvgIpc) is 2.37. The summed E-state index contributed by atoms with van der Waals surface area (Å²) >= 11 is 2.26. The molecule has 0 saturated carbocycles. The van der Waals surface area contributed by atoms with Crippen molar-refractivity contribution in [3.63, 3.8) is 0 Å². The van der Waals surface area contributed by atoms with E-state index >= 15 is 0 Å². The predicted molar refractivity (Wildman–Crippen MR) is 81.2 cm³/mol. The van der Waals surface area contributed by atoms with Crippen molar-refractivity contribution in [2.45, 2.75) is 18.9 Å². The molecule has 5 N–H and O–H groups in total. The first-order chi connectivity index (χ1) is 8.30. The van der Waals surface area contributed by atoms with E-state index in [2.05, 4.69) is 36.2 Å². The SMILES string of the molecule is NCCN(CCN)CCN1CCC(NI)CC1. The molecule has 0 aromatic heterocycles. The van der Waals surface area contributed by atoms with Crippen molar-refractivity contribution in [2.75, 3.05) is 52.4 Å². The number of rotatable bonds is 8. The highest BCUT2D eigenvalue weighted by atomic mass is 127. The molecule has 0 bridgehead atoms. The molecule has 6 heteroatoms. The van der Waals surface area contributed by atoms with E-state index in [-0.39, 0.29) is 0 Å². The van der Waals surface area contributed by atoms with Crippen LogP contribution in [0.1, 0.15) is 12.8 Å². The van der Waals surface area contributed by atoms with Crippen molar-refractivity contribution >= 4 is 22.9 Å². The lowest BCUT2D eigenvalue weighted by atomic mass is 10.1. The molecule has 0 aliphatic carbocycles. The zero-order chi connectivity index (χ0) is 12.5. The molecule has 1 saturated heterocycles. The van der Waals surface area contributed by atoms with Gasteiger partial charge in [0.25, 0.3) is 0 Å². The van der Waals surface area contributed by atoms with Gasteiger partial charge in [-0.1, -0.05) is 0 Å².